The Morgan fingerprint density at radius 2 is 2.18 bits per heavy atom. The summed E-state index contributed by atoms with van der Waals surface area (Å²) in [5, 5.41) is 3.01. The highest BCUT2D eigenvalue weighted by molar-refractivity contribution is 5.95. The third-order valence-electron chi connectivity index (χ3n) is 4.26. The van der Waals surface area contributed by atoms with E-state index in [1.54, 1.807) is 12.4 Å². The Kier molecular flexibility index (Phi) is 4.53. The number of hydrogen-bond acceptors (Lipinski definition) is 4. The van der Waals surface area contributed by atoms with E-state index in [9.17, 15) is 4.79 Å². The Hall–Kier alpha value is -2.14. The first-order chi connectivity index (χ1) is 10.7. The van der Waals surface area contributed by atoms with Gasteiger partial charge in [0.1, 0.15) is 0 Å². The Labute approximate surface area is 130 Å². The van der Waals surface area contributed by atoms with Gasteiger partial charge in [-0.2, -0.15) is 0 Å². The van der Waals surface area contributed by atoms with Gasteiger partial charge < -0.3 is 15.8 Å². The second-order valence-corrected chi connectivity index (χ2v) is 5.82. The summed E-state index contributed by atoms with van der Waals surface area (Å²) in [6.45, 7) is 1.69. The number of nitrogens with one attached hydrogen (secondary N) is 1. The van der Waals surface area contributed by atoms with Crippen LogP contribution in [-0.2, 0) is 16.0 Å². The van der Waals surface area contributed by atoms with Gasteiger partial charge in [-0.1, -0.05) is 6.07 Å². The van der Waals surface area contributed by atoms with Gasteiger partial charge in [-0.15, -0.1) is 0 Å². The van der Waals surface area contributed by atoms with Crippen LogP contribution in [0.25, 0.3) is 5.57 Å². The molecule has 0 bridgehead atoms. The summed E-state index contributed by atoms with van der Waals surface area (Å²) in [4.78, 5) is 15.9. The number of allylic oxidation sites excluding steroid dienone is 1. The smallest absolute Gasteiger partial charge is 0.246 e. The molecule has 0 saturated carbocycles. The van der Waals surface area contributed by atoms with Gasteiger partial charge in [0, 0.05) is 43.8 Å². The number of rotatable bonds is 4. The summed E-state index contributed by atoms with van der Waals surface area (Å²) in [5.41, 5.74) is 9.18. The maximum Gasteiger partial charge on any atom is 0.246 e. The fourth-order valence-electron chi connectivity index (χ4n) is 3.01. The molecule has 0 unspecified atom stereocenters. The quantitative estimate of drug-likeness (QED) is 0.888. The van der Waals surface area contributed by atoms with Crippen molar-refractivity contribution in [2.45, 2.75) is 25.7 Å². The number of aromatic nitrogens is 1. The molecular weight excluding hydrogens is 278 g/mol. The fourth-order valence-corrected chi connectivity index (χ4v) is 3.01. The molecular formula is C17H21N3O2. The second-order valence-electron chi connectivity index (χ2n) is 5.82. The molecule has 22 heavy (non-hydrogen) atoms. The largest absolute Gasteiger partial charge is 0.381 e. The lowest BCUT2D eigenvalue weighted by Gasteiger charge is -2.23. The molecule has 0 radical (unpaired) electrons. The number of ether oxygens (including phenoxy) is 1. The van der Waals surface area contributed by atoms with Crippen molar-refractivity contribution in [1.82, 2.24) is 10.3 Å². The zero-order chi connectivity index (χ0) is 15.4. The van der Waals surface area contributed by atoms with Gasteiger partial charge >= 0.3 is 0 Å². The summed E-state index contributed by atoms with van der Waals surface area (Å²) in [7, 11) is 0. The predicted octanol–water partition coefficient (Wildman–Crippen LogP) is 1.75. The number of carbonyl (C=O) groups excluding carboxylic acids is 1. The summed E-state index contributed by atoms with van der Waals surface area (Å²) in [6.07, 6.45) is 9.08. The van der Waals surface area contributed by atoms with Crippen LogP contribution in [0.5, 0.6) is 0 Å². The van der Waals surface area contributed by atoms with Gasteiger partial charge in [-0.3, -0.25) is 9.78 Å². The number of pyridine rings is 1. The zero-order valence-electron chi connectivity index (χ0n) is 12.5. The van der Waals surface area contributed by atoms with Crippen molar-refractivity contribution in [3.8, 4) is 0 Å². The van der Waals surface area contributed by atoms with Crippen LogP contribution in [0.2, 0.25) is 0 Å². The van der Waals surface area contributed by atoms with Crippen molar-refractivity contribution in [1.29, 1.82) is 0 Å². The fraction of sp³-hybridized carbons (Fsp3) is 0.412. The molecule has 1 saturated heterocycles. The lowest BCUT2D eigenvalue weighted by Crippen LogP contribution is -2.20. The minimum Gasteiger partial charge on any atom is -0.381 e. The predicted molar refractivity (Wildman–Crippen MR) is 84.5 cm³/mol. The molecule has 5 heteroatoms. The van der Waals surface area contributed by atoms with Crippen molar-refractivity contribution in [2.24, 2.45) is 11.7 Å². The second kappa shape index (κ2) is 6.75. The van der Waals surface area contributed by atoms with Gasteiger partial charge in [0.15, 0.2) is 0 Å². The van der Waals surface area contributed by atoms with Crippen molar-refractivity contribution < 1.29 is 9.53 Å². The topological polar surface area (TPSA) is 77.2 Å². The molecule has 3 heterocycles. The van der Waals surface area contributed by atoms with Crippen LogP contribution >= 0.6 is 0 Å². The molecule has 2 aliphatic heterocycles. The van der Waals surface area contributed by atoms with E-state index < -0.39 is 0 Å². The van der Waals surface area contributed by atoms with E-state index in [-0.39, 0.29) is 5.91 Å². The summed E-state index contributed by atoms with van der Waals surface area (Å²) in [5.74, 6) is 0.250. The van der Waals surface area contributed by atoms with Crippen LogP contribution in [0.4, 0.5) is 0 Å². The van der Waals surface area contributed by atoms with E-state index >= 15 is 0 Å². The normalized spacial score (nSPS) is 19.1. The van der Waals surface area contributed by atoms with Gasteiger partial charge in [-0.05, 0) is 42.4 Å². The maximum atomic E-state index is 11.4. The number of nitrogens with zero attached hydrogens (tertiary/aromatic N) is 1. The number of primary amides is 1. The van der Waals surface area contributed by atoms with E-state index in [2.05, 4.69) is 16.4 Å². The first-order valence-corrected chi connectivity index (χ1v) is 7.70. The monoisotopic (exact) mass is 299 g/mol. The highest BCUT2D eigenvalue weighted by Crippen LogP contribution is 2.28. The van der Waals surface area contributed by atoms with Crippen molar-refractivity contribution in [3.63, 3.8) is 0 Å². The van der Waals surface area contributed by atoms with Crippen LogP contribution in [0, 0.1) is 5.92 Å². The average molecular weight is 299 g/mol. The van der Waals surface area contributed by atoms with Gasteiger partial charge in [0.05, 0.1) is 5.69 Å². The molecule has 1 amide bonds. The third kappa shape index (κ3) is 3.36. The SMILES string of the molecule is NC(=O)C1=CNC=C(c2ncccc2CC2CCOCC2)C1. The van der Waals surface area contributed by atoms with Crippen LogP contribution < -0.4 is 11.1 Å². The van der Waals surface area contributed by atoms with Crippen LogP contribution in [0.3, 0.4) is 0 Å². The molecule has 1 aromatic heterocycles. The Morgan fingerprint density at radius 3 is 2.95 bits per heavy atom. The Balaban J connectivity index is 1.79. The molecule has 0 aliphatic carbocycles. The minimum atomic E-state index is -0.389. The number of amides is 1. The van der Waals surface area contributed by atoms with Gasteiger partial charge in [0.2, 0.25) is 5.91 Å². The molecule has 0 spiro atoms. The Bertz CT molecular complexity index is 616. The van der Waals surface area contributed by atoms with Crippen molar-refractivity contribution >= 4 is 11.5 Å². The van der Waals surface area contributed by atoms with Crippen LogP contribution in [0.15, 0.2) is 36.3 Å². The van der Waals surface area contributed by atoms with E-state index in [4.69, 9.17) is 10.5 Å². The molecule has 116 valence electrons. The van der Waals surface area contributed by atoms with E-state index in [1.807, 2.05) is 12.3 Å². The summed E-state index contributed by atoms with van der Waals surface area (Å²) < 4.78 is 5.43. The van der Waals surface area contributed by atoms with Crippen LogP contribution in [-0.4, -0.2) is 24.1 Å². The number of hydrogen-bond donors (Lipinski definition) is 2. The summed E-state index contributed by atoms with van der Waals surface area (Å²) in [6, 6.07) is 4.10. The first-order valence-electron chi connectivity index (χ1n) is 7.70. The molecule has 5 nitrogen and oxygen atoms in total. The lowest BCUT2D eigenvalue weighted by atomic mass is 9.89. The van der Waals surface area contributed by atoms with Crippen LogP contribution in [0.1, 0.15) is 30.5 Å². The molecule has 1 fully saturated rings. The van der Waals surface area contributed by atoms with Crippen molar-refractivity contribution in [3.05, 3.63) is 47.6 Å². The van der Waals surface area contributed by atoms with E-state index in [1.165, 1.54) is 5.56 Å². The molecule has 0 atom stereocenters. The van der Waals surface area contributed by atoms with Gasteiger partial charge in [-0.25, -0.2) is 0 Å². The standard InChI is InChI=1S/C17H21N3O2/c18-17(21)15-9-14(10-19-11-15)16-13(2-1-5-20-16)8-12-3-6-22-7-4-12/h1-2,5,10-12,19H,3-4,6-9H2,(H2,18,21). The minimum absolute atomic E-state index is 0.389. The maximum absolute atomic E-state index is 11.4. The highest BCUT2D eigenvalue weighted by atomic mass is 16.5. The first kappa shape index (κ1) is 14.8. The molecule has 1 aromatic rings. The van der Waals surface area contributed by atoms with Gasteiger partial charge in [0.25, 0.3) is 0 Å². The average Bonchev–Trinajstić information content (AvgIpc) is 2.56. The number of nitrogens with two attached hydrogens (primary N) is 1. The number of dihydropyridines is 1. The summed E-state index contributed by atoms with van der Waals surface area (Å²) >= 11 is 0. The molecule has 0 aromatic carbocycles. The molecule has 3 rings (SSSR count). The Morgan fingerprint density at radius 1 is 1.36 bits per heavy atom. The molecule has 3 N–H and O–H groups in total. The zero-order valence-corrected chi connectivity index (χ0v) is 12.5. The van der Waals surface area contributed by atoms with E-state index in [0.717, 1.165) is 43.7 Å². The molecule has 2 aliphatic rings. The highest BCUT2D eigenvalue weighted by Gasteiger charge is 2.20. The van der Waals surface area contributed by atoms with E-state index in [0.29, 0.717) is 17.9 Å². The third-order valence-corrected chi connectivity index (χ3v) is 4.26. The lowest BCUT2D eigenvalue weighted by molar-refractivity contribution is -0.114. The number of carbonyl (C=O) groups is 1. The van der Waals surface area contributed by atoms with Crippen molar-refractivity contribution in [2.75, 3.05) is 13.2 Å².